The van der Waals surface area contributed by atoms with Crippen LogP contribution in [-0.2, 0) is 20.9 Å². The second-order valence-electron chi connectivity index (χ2n) is 5.42. The largest absolute Gasteiger partial charge is 0.453 e. The van der Waals surface area contributed by atoms with Crippen LogP contribution in [0.15, 0.2) is 6.33 Å². The summed E-state index contributed by atoms with van der Waals surface area (Å²) in [5.74, 6) is -0.299. The van der Waals surface area contributed by atoms with E-state index in [9.17, 15) is 14.4 Å². The lowest BCUT2D eigenvalue weighted by atomic mass is 10.2. The molecule has 0 aliphatic carbocycles. The molecule has 1 saturated heterocycles. The minimum Gasteiger partial charge on any atom is -0.453 e. The monoisotopic (exact) mass is 339 g/mol. The molecule has 132 valence electrons. The molecule has 0 saturated carbocycles. The predicted molar refractivity (Wildman–Crippen MR) is 80.6 cm³/mol. The van der Waals surface area contributed by atoms with E-state index in [2.05, 4.69) is 25.6 Å². The third kappa shape index (κ3) is 4.64. The molecule has 1 aromatic heterocycles. The average Bonchev–Trinajstić information content (AvgIpc) is 2.95. The number of hydrogen-bond acceptors (Lipinski definition) is 7. The van der Waals surface area contributed by atoms with E-state index in [0.717, 1.165) is 0 Å². The first-order valence-electron chi connectivity index (χ1n) is 7.63. The molecular weight excluding hydrogens is 318 g/mol. The summed E-state index contributed by atoms with van der Waals surface area (Å²) < 4.78 is 5.85. The second kappa shape index (κ2) is 8.22. The van der Waals surface area contributed by atoms with Gasteiger partial charge < -0.3 is 19.9 Å². The van der Waals surface area contributed by atoms with Crippen molar-refractivity contribution < 1.29 is 19.1 Å². The Morgan fingerprint density at radius 1 is 1.21 bits per heavy atom. The Kier molecular flexibility index (Phi) is 6.04. The lowest BCUT2D eigenvalue weighted by Gasteiger charge is -2.25. The van der Waals surface area contributed by atoms with Crippen LogP contribution in [0.4, 0.5) is 4.79 Å². The first kappa shape index (κ1) is 17.6. The first-order valence-corrected chi connectivity index (χ1v) is 7.63. The van der Waals surface area contributed by atoms with Crippen molar-refractivity contribution in [1.82, 2.24) is 35.3 Å². The fourth-order valence-electron chi connectivity index (χ4n) is 2.45. The first-order chi connectivity index (χ1) is 11.5. The molecule has 1 N–H and O–H groups in total. The molecule has 0 radical (unpaired) electrons. The molecule has 1 atom stereocenters. The van der Waals surface area contributed by atoms with Crippen molar-refractivity contribution in [1.29, 1.82) is 0 Å². The zero-order valence-corrected chi connectivity index (χ0v) is 13.7. The normalized spacial score (nSPS) is 16.2. The number of aromatic nitrogens is 4. The van der Waals surface area contributed by atoms with Crippen LogP contribution in [-0.4, -0.2) is 87.2 Å². The molecule has 1 unspecified atom stereocenters. The van der Waals surface area contributed by atoms with Gasteiger partial charge in [0.25, 0.3) is 0 Å². The summed E-state index contributed by atoms with van der Waals surface area (Å²) in [5.41, 5.74) is 0. The van der Waals surface area contributed by atoms with E-state index in [0.29, 0.717) is 32.6 Å². The van der Waals surface area contributed by atoms with Crippen LogP contribution in [0.3, 0.4) is 0 Å². The summed E-state index contributed by atoms with van der Waals surface area (Å²) in [5, 5.41) is 13.1. The van der Waals surface area contributed by atoms with E-state index in [-0.39, 0.29) is 18.4 Å². The van der Waals surface area contributed by atoms with Crippen LogP contribution >= 0.6 is 0 Å². The van der Waals surface area contributed by atoms with Crippen LogP contribution in [0.25, 0.3) is 0 Å². The third-order valence-electron chi connectivity index (χ3n) is 3.74. The van der Waals surface area contributed by atoms with Gasteiger partial charge in [0.15, 0.2) is 0 Å². The summed E-state index contributed by atoms with van der Waals surface area (Å²) in [6.45, 7) is 3.60. The molecular formula is C13H21N7O4. The van der Waals surface area contributed by atoms with Crippen LogP contribution in [0.5, 0.6) is 0 Å². The van der Waals surface area contributed by atoms with Gasteiger partial charge in [-0.3, -0.25) is 9.59 Å². The summed E-state index contributed by atoms with van der Waals surface area (Å²) in [4.78, 5) is 39.1. The molecule has 1 aliphatic heterocycles. The molecule has 0 spiro atoms. The van der Waals surface area contributed by atoms with Gasteiger partial charge in [-0.05, 0) is 23.8 Å². The highest BCUT2D eigenvalue weighted by atomic mass is 16.5. The third-order valence-corrected chi connectivity index (χ3v) is 3.74. The number of hydrogen-bond donors (Lipinski definition) is 1. The van der Waals surface area contributed by atoms with Crippen LogP contribution < -0.4 is 5.32 Å². The van der Waals surface area contributed by atoms with Gasteiger partial charge >= 0.3 is 6.09 Å². The quantitative estimate of drug-likeness (QED) is 0.706. The molecule has 2 heterocycles. The van der Waals surface area contributed by atoms with E-state index < -0.39 is 12.1 Å². The molecule has 3 amide bonds. The smallest absolute Gasteiger partial charge is 0.407 e. The van der Waals surface area contributed by atoms with Crippen molar-refractivity contribution in [2.45, 2.75) is 25.9 Å². The molecule has 1 aromatic rings. The van der Waals surface area contributed by atoms with Crippen molar-refractivity contribution in [3.8, 4) is 0 Å². The number of nitrogens with zero attached hydrogens (tertiary/aromatic N) is 6. The molecule has 11 heteroatoms. The Labute approximate surface area is 138 Å². The van der Waals surface area contributed by atoms with E-state index in [1.165, 1.54) is 18.1 Å². The molecule has 24 heavy (non-hydrogen) atoms. The number of alkyl carbamates (subject to hydrolysis) is 1. The van der Waals surface area contributed by atoms with Gasteiger partial charge in [0.05, 0.1) is 7.11 Å². The molecule has 0 bridgehead atoms. The number of ether oxygens (including phenoxy) is 1. The molecule has 0 aromatic carbocycles. The zero-order chi connectivity index (χ0) is 17.5. The van der Waals surface area contributed by atoms with Crippen molar-refractivity contribution in [3.05, 3.63) is 6.33 Å². The predicted octanol–water partition coefficient (Wildman–Crippen LogP) is -1.52. The number of rotatable bonds is 4. The van der Waals surface area contributed by atoms with Crippen molar-refractivity contribution >= 4 is 17.9 Å². The maximum absolute atomic E-state index is 12.4. The van der Waals surface area contributed by atoms with Gasteiger partial charge in [-0.15, -0.1) is 5.10 Å². The van der Waals surface area contributed by atoms with Gasteiger partial charge in [-0.1, -0.05) is 0 Å². The maximum Gasteiger partial charge on any atom is 0.407 e. The Balaban J connectivity index is 1.86. The second-order valence-corrected chi connectivity index (χ2v) is 5.42. The number of nitrogens with one attached hydrogen (secondary N) is 1. The van der Waals surface area contributed by atoms with E-state index in [1.54, 1.807) is 16.7 Å². The van der Waals surface area contributed by atoms with E-state index in [1.807, 2.05) is 0 Å². The SMILES string of the molecule is COC(=O)NC(C)C(=O)N1CCCN(C(=O)Cn2cnnn2)CC1. The van der Waals surface area contributed by atoms with Gasteiger partial charge in [-0.25, -0.2) is 9.48 Å². The highest BCUT2D eigenvalue weighted by Crippen LogP contribution is 2.06. The molecule has 1 fully saturated rings. The fourth-order valence-corrected chi connectivity index (χ4v) is 2.45. The van der Waals surface area contributed by atoms with Crippen LogP contribution in [0, 0.1) is 0 Å². The van der Waals surface area contributed by atoms with E-state index in [4.69, 9.17) is 0 Å². The molecule has 1 aliphatic rings. The summed E-state index contributed by atoms with van der Waals surface area (Å²) >= 11 is 0. The molecule has 2 rings (SSSR count). The minimum atomic E-state index is -0.680. The number of carbonyl (C=O) groups is 3. The van der Waals surface area contributed by atoms with Gasteiger partial charge in [-0.2, -0.15) is 0 Å². The van der Waals surface area contributed by atoms with Crippen LogP contribution in [0.1, 0.15) is 13.3 Å². The minimum absolute atomic E-state index is 0.0707. The highest BCUT2D eigenvalue weighted by molar-refractivity contribution is 5.85. The lowest BCUT2D eigenvalue weighted by Crippen LogP contribution is -2.48. The average molecular weight is 339 g/mol. The Bertz CT molecular complexity index is 577. The Hall–Kier alpha value is -2.72. The number of carbonyl (C=O) groups excluding carboxylic acids is 3. The van der Waals surface area contributed by atoms with Gasteiger partial charge in [0, 0.05) is 26.2 Å². The summed E-state index contributed by atoms with van der Waals surface area (Å²) in [6.07, 6.45) is 1.40. The lowest BCUT2D eigenvalue weighted by molar-refractivity contribution is -0.134. The number of amides is 3. The van der Waals surface area contributed by atoms with E-state index >= 15 is 0 Å². The Morgan fingerprint density at radius 3 is 2.58 bits per heavy atom. The highest BCUT2D eigenvalue weighted by Gasteiger charge is 2.26. The van der Waals surface area contributed by atoms with Gasteiger partial charge in [0.1, 0.15) is 18.9 Å². The van der Waals surface area contributed by atoms with Gasteiger partial charge in [0.2, 0.25) is 11.8 Å². The van der Waals surface area contributed by atoms with Crippen LogP contribution in [0.2, 0.25) is 0 Å². The molecule has 11 nitrogen and oxygen atoms in total. The standard InChI is InChI=1S/C13H21N7O4/c1-10(15-13(23)24-2)12(22)19-5-3-4-18(6-7-19)11(21)8-20-9-14-16-17-20/h9-10H,3-8H2,1-2H3,(H,15,23). The topological polar surface area (TPSA) is 123 Å². The maximum atomic E-state index is 12.4. The number of tetrazole rings is 1. The number of methoxy groups -OCH3 is 1. The summed E-state index contributed by atoms with van der Waals surface area (Å²) in [7, 11) is 1.24. The fraction of sp³-hybridized carbons (Fsp3) is 0.692. The Morgan fingerprint density at radius 2 is 1.92 bits per heavy atom. The van der Waals surface area contributed by atoms with Crippen molar-refractivity contribution in [2.24, 2.45) is 0 Å². The van der Waals surface area contributed by atoms with Crippen molar-refractivity contribution in [3.63, 3.8) is 0 Å². The summed E-state index contributed by atoms with van der Waals surface area (Å²) in [6, 6.07) is -0.680. The zero-order valence-electron chi connectivity index (χ0n) is 13.7. The van der Waals surface area contributed by atoms with Crippen molar-refractivity contribution in [2.75, 3.05) is 33.3 Å².